The zero-order valence-electron chi connectivity index (χ0n) is 19.6. The molecule has 1 aliphatic rings. The van der Waals surface area contributed by atoms with Crippen LogP contribution in [0.5, 0.6) is 5.75 Å². The van der Waals surface area contributed by atoms with E-state index in [2.05, 4.69) is 46.6 Å². The van der Waals surface area contributed by atoms with Gasteiger partial charge >= 0.3 is 0 Å². The maximum Gasteiger partial charge on any atom is 0.258 e. The molecule has 0 radical (unpaired) electrons. The molecule has 2 heterocycles. The van der Waals surface area contributed by atoms with Gasteiger partial charge in [-0.3, -0.25) is 0 Å². The highest BCUT2D eigenvalue weighted by atomic mass is 32.1. The number of aromatic nitrogens is 2. The number of hydrogen-bond donors (Lipinski definition) is 1. The first-order valence-corrected chi connectivity index (χ1v) is 11.9. The fourth-order valence-corrected chi connectivity index (χ4v) is 4.64. The summed E-state index contributed by atoms with van der Waals surface area (Å²) in [6.07, 6.45) is 0.861. The Hall–Kier alpha value is -3.97. The second-order valence-corrected chi connectivity index (χ2v) is 8.72. The average molecular weight is 483 g/mol. The molecular weight excluding hydrogens is 456 g/mol. The largest absolute Gasteiger partial charge is 0.497 e. The Labute approximate surface area is 210 Å². The van der Waals surface area contributed by atoms with Crippen LogP contribution in [-0.2, 0) is 6.42 Å². The minimum absolute atomic E-state index is 0.231. The number of thiocarbonyl (C=S) groups is 1. The maximum absolute atomic E-state index is 5.82. The standard InChI is InChI=1S/C28H26N4O2S/c1-19-24(27-30-26(31-34-27)22-11-7-4-8-12-22)25(21-13-15-23(33-2)16-14-21)29-28(35)32(19)18-17-20-9-5-3-6-10-20/h3-16,25H,17-18H2,1-2H3,(H,29,35). The topological polar surface area (TPSA) is 63.4 Å². The second-order valence-electron chi connectivity index (χ2n) is 8.33. The normalized spacial score (nSPS) is 15.8. The number of benzene rings is 3. The number of methoxy groups -OCH3 is 1. The number of allylic oxidation sites excluding steroid dienone is 1. The Bertz CT molecular complexity index is 1330. The van der Waals surface area contributed by atoms with E-state index in [1.54, 1.807) is 7.11 Å². The van der Waals surface area contributed by atoms with Crippen molar-refractivity contribution in [2.24, 2.45) is 0 Å². The fourth-order valence-electron chi connectivity index (χ4n) is 4.30. The maximum atomic E-state index is 5.82. The molecule has 0 aliphatic carbocycles. The fraction of sp³-hybridized carbons (Fsp3) is 0.179. The van der Waals surface area contributed by atoms with E-state index in [4.69, 9.17) is 26.5 Å². The second kappa shape index (κ2) is 10.1. The molecule has 0 amide bonds. The molecule has 3 aromatic carbocycles. The first-order valence-electron chi connectivity index (χ1n) is 11.5. The van der Waals surface area contributed by atoms with Crippen molar-refractivity contribution in [2.45, 2.75) is 19.4 Å². The molecule has 0 spiro atoms. The van der Waals surface area contributed by atoms with Gasteiger partial charge in [0.1, 0.15) is 5.75 Å². The van der Waals surface area contributed by atoms with E-state index >= 15 is 0 Å². The van der Waals surface area contributed by atoms with E-state index in [0.717, 1.165) is 41.1 Å². The van der Waals surface area contributed by atoms with Gasteiger partial charge in [-0.2, -0.15) is 4.98 Å². The Morgan fingerprint density at radius 2 is 1.66 bits per heavy atom. The summed E-state index contributed by atoms with van der Waals surface area (Å²) in [5.41, 5.74) is 5.10. The van der Waals surface area contributed by atoms with Crippen molar-refractivity contribution in [3.05, 3.63) is 108 Å². The van der Waals surface area contributed by atoms with Gasteiger partial charge in [-0.05, 0) is 48.8 Å². The number of hydrogen-bond acceptors (Lipinski definition) is 5. The third kappa shape index (κ3) is 4.81. The molecule has 0 bridgehead atoms. The lowest BCUT2D eigenvalue weighted by Gasteiger charge is -2.37. The SMILES string of the molecule is COc1ccc(C2NC(=S)N(CCc3ccccc3)C(C)=C2c2nc(-c3ccccc3)no2)cc1. The van der Waals surface area contributed by atoms with Gasteiger partial charge in [0.2, 0.25) is 5.82 Å². The Morgan fingerprint density at radius 1 is 0.971 bits per heavy atom. The molecule has 35 heavy (non-hydrogen) atoms. The third-order valence-electron chi connectivity index (χ3n) is 6.20. The van der Waals surface area contributed by atoms with Crippen LogP contribution < -0.4 is 10.1 Å². The quantitative estimate of drug-likeness (QED) is 0.342. The molecule has 1 aliphatic heterocycles. The smallest absolute Gasteiger partial charge is 0.258 e. The molecule has 6 nitrogen and oxygen atoms in total. The van der Waals surface area contributed by atoms with Crippen molar-refractivity contribution in [3.8, 4) is 17.1 Å². The van der Waals surface area contributed by atoms with E-state index in [1.807, 2.05) is 60.7 Å². The Kier molecular flexibility index (Phi) is 6.59. The lowest BCUT2D eigenvalue weighted by atomic mass is 9.94. The molecule has 1 aromatic heterocycles. The Balaban J connectivity index is 1.54. The summed E-state index contributed by atoms with van der Waals surface area (Å²) in [6, 6.07) is 27.9. The van der Waals surface area contributed by atoms with Gasteiger partial charge in [0.05, 0.1) is 18.7 Å². The van der Waals surface area contributed by atoms with Gasteiger partial charge in [-0.15, -0.1) is 0 Å². The van der Waals surface area contributed by atoms with Crippen molar-refractivity contribution in [1.82, 2.24) is 20.4 Å². The van der Waals surface area contributed by atoms with Gasteiger partial charge in [-0.1, -0.05) is 78.0 Å². The van der Waals surface area contributed by atoms with Crippen LogP contribution >= 0.6 is 12.2 Å². The van der Waals surface area contributed by atoms with Crippen LogP contribution in [0, 0.1) is 0 Å². The van der Waals surface area contributed by atoms with Crippen molar-refractivity contribution < 1.29 is 9.26 Å². The Morgan fingerprint density at radius 3 is 2.34 bits per heavy atom. The summed E-state index contributed by atoms with van der Waals surface area (Å²) < 4.78 is 11.2. The molecule has 7 heteroatoms. The highest BCUT2D eigenvalue weighted by Crippen LogP contribution is 2.38. The summed E-state index contributed by atoms with van der Waals surface area (Å²) in [5.74, 6) is 1.82. The molecule has 0 saturated carbocycles. The van der Waals surface area contributed by atoms with E-state index < -0.39 is 0 Å². The van der Waals surface area contributed by atoms with Gasteiger partial charge in [0.25, 0.3) is 5.89 Å². The number of nitrogens with one attached hydrogen (secondary N) is 1. The molecule has 4 aromatic rings. The molecule has 0 fully saturated rings. The van der Waals surface area contributed by atoms with Crippen LogP contribution in [0.1, 0.15) is 30.0 Å². The minimum atomic E-state index is -0.231. The van der Waals surface area contributed by atoms with Gasteiger partial charge in [-0.25, -0.2) is 0 Å². The molecule has 1 N–H and O–H groups in total. The zero-order chi connectivity index (χ0) is 24.2. The summed E-state index contributed by atoms with van der Waals surface area (Å²) in [5, 5.41) is 8.46. The van der Waals surface area contributed by atoms with Crippen LogP contribution in [-0.4, -0.2) is 33.8 Å². The van der Waals surface area contributed by atoms with Gasteiger partial charge in [0.15, 0.2) is 5.11 Å². The molecule has 1 unspecified atom stereocenters. The lowest BCUT2D eigenvalue weighted by Crippen LogP contribution is -2.46. The van der Waals surface area contributed by atoms with Crippen LogP contribution in [0.25, 0.3) is 17.0 Å². The third-order valence-corrected chi connectivity index (χ3v) is 6.54. The van der Waals surface area contributed by atoms with Crippen LogP contribution in [0.15, 0.2) is 95.1 Å². The minimum Gasteiger partial charge on any atom is -0.497 e. The summed E-state index contributed by atoms with van der Waals surface area (Å²) in [7, 11) is 1.66. The van der Waals surface area contributed by atoms with Crippen LogP contribution in [0.4, 0.5) is 0 Å². The van der Waals surface area contributed by atoms with E-state index in [0.29, 0.717) is 16.8 Å². The predicted octanol–water partition coefficient (Wildman–Crippen LogP) is 5.65. The molecule has 0 saturated heterocycles. The van der Waals surface area contributed by atoms with Gasteiger partial charge < -0.3 is 19.5 Å². The highest BCUT2D eigenvalue weighted by molar-refractivity contribution is 7.80. The highest BCUT2D eigenvalue weighted by Gasteiger charge is 2.34. The van der Waals surface area contributed by atoms with E-state index in [9.17, 15) is 0 Å². The molecule has 5 rings (SSSR count). The van der Waals surface area contributed by atoms with Crippen molar-refractivity contribution in [3.63, 3.8) is 0 Å². The van der Waals surface area contributed by atoms with E-state index in [1.165, 1.54) is 5.56 Å². The van der Waals surface area contributed by atoms with Crippen molar-refractivity contribution >= 4 is 22.9 Å². The number of rotatable bonds is 7. The number of nitrogens with zero attached hydrogens (tertiary/aromatic N) is 3. The van der Waals surface area contributed by atoms with Crippen molar-refractivity contribution in [2.75, 3.05) is 13.7 Å². The van der Waals surface area contributed by atoms with Crippen molar-refractivity contribution in [1.29, 1.82) is 0 Å². The van der Waals surface area contributed by atoms with Gasteiger partial charge in [0, 0.05) is 17.8 Å². The predicted molar refractivity (Wildman–Crippen MR) is 141 cm³/mol. The van der Waals surface area contributed by atoms with Crippen LogP contribution in [0.3, 0.4) is 0 Å². The number of ether oxygens (including phenoxy) is 1. The zero-order valence-corrected chi connectivity index (χ0v) is 20.5. The average Bonchev–Trinajstić information content (AvgIpc) is 3.39. The molecule has 1 atom stereocenters. The van der Waals surface area contributed by atoms with Crippen LogP contribution in [0.2, 0.25) is 0 Å². The molecular formula is C28H26N4O2S. The van der Waals surface area contributed by atoms with E-state index in [-0.39, 0.29) is 6.04 Å². The first-order chi connectivity index (χ1) is 17.1. The lowest BCUT2D eigenvalue weighted by molar-refractivity contribution is 0.397. The first kappa shape index (κ1) is 22.8. The summed E-state index contributed by atoms with van der Waals surface area (Å²) in [6.45, 7) is 2.80. The monoisotopic (exact) mass is 482 g/mol. The summed E-state index contributed by atoms with van der Waals surface area (Å²) in [4.78, 5) is 6.89. The summed E-state index contributed by atoms with van der Waals surface area (Å²) >= 11 is 5.82. The molecule has 176 valence electrons.